The van der Waals surface area contributed by atoms with Crippen LogP contribution in [0, 0.1) is 0 Å². The fourth-order valence-electron chi connectivity index (χ4n) is 3.70. The number of carbonyl (C=O) groups is 1. The highest BCUT2D eigenvalue weighted by Crippen LogP contribution is 2.28. The molecule has 1 amide bonds. The van der Waals surface area contributed by atoms with Gasteiger partial charge in [0.25, 0.3) is 0 Å². The molecule has 0 radical (unpaired) electrons. The summed E-state index contributed by atoms with van der Waals surface area (Å²) in [5.41, 5.74) is 1.75. The Kier molecular flexibility index (Phi) is 10.2. The summed E-state index contributed by atoms with van der Waals surface area (Å²) >= 11 is 6.20. The van der Waals surface area contributed by atoms with Gasteiger partial charge in [-0.2, -0.15) is 4.72 Å². The van der Waals surface area contributed by atoms with Crippen LogP contribution in [-0.2, 0) is 27.7 Å². The number of methoxy groups -OCH3 is 2. The molecule has 0 heterocycles. The Morgan fingerprint density at radius 3 is 2.27 bits per heavy atom. The summed E-state index contributed by atoms with van der Waals surface area (Å²) in [5, 5.41) is 3.01. The first-order chi connectivity index (χ1) is 17.8. The van der Waals surface area contributed by atoms with Gasteiger partial charge in [0.1, 0.15) is 11.8 Å². The molecule has 0 saturated heterocycles. The monoisotopic (exact) mass is 546 g/mol. The number of hydrogen-bond acceptors (Lipinski definition) is 6. The lowest BCUT2D eigenvalue weighted by Gasteiger charge is -2.19. The van der Waals surface area contributed by atoms with E-state index in [9.17, 15) is 13.2 Å². The second kappa shape index (κ2) is 13.3. The van der Waals surface area contributed by atoms with Gasteiger partial charge in [0, 0.05) is 6.54 Å². The maximum Gasteiger partial charge on any atom is 0.241 e. The van der Waals surface area contributed by atoms with Gasteiger partial charge in [-0.1, -0.05) is 48.0 Å². The second-order valence-electron chi connectivity index (χ2n) is 8.12. The molecule has 37 heavy (non-hydrogen) atoms. The summed E-state index contributed by atoms with van der Waals surface area (Å²) in [6.45, 7) is 2.50. The predicted molar refractivity (Wildman–Crippen MR) is 143 cm³/mol. The van der Waals surface area contributed by atoms with E-state index in [2.05, 4.69) is 10.0 Å². The number of amides is 1. The zero-order valence-corrected chi connectivity index (χ0v) is 22.6. The van der Waals surface area contributed by atoms with Gasteiger partial charge in [0.2, 0.25) is 15.9 Å². The molecule has 0 aliphatic rings. The van der Waals surface area contributed by atoms with Crippen LogP contribution in [0.15, 0.2) is 71.6 Å². The standard InChI is InChI=1S/C27H31ClN2O6S/c1-4-36-24-13-11-21(18-22(24)28)37(32,33)30-23(16-19-8-6-5-7-9-19)27(31)29-15-14-20-10-12-25(34-2)26(17-20)35-3/h5-13,17-18,23,30H,4,14-16H2,1-3H3,(H,29,31)/t23-/m0/s1. The average molecular weight is 547 g/mol. The summed E-state index contributed by atoms with van der Waals surface area (Å²) in [7, 11) is -0.935. The van der Waals surface area contributed by atoms with E-state index in [0.29, 0.717) is 36.8 Å². The fourth-order valence-corrected chi connectivity index (χ4v) is 5.22. The van der Waals surface area contributed by atoms with Crippen LogP contribution in [0.4, 0.5) is 0 Å². The molecule has 0 bridgehead atoms. The van der Waals surface area contributed by atoms with Gasteiger partial charge < -0.3 is 19.5 Å². The Morgan fingerprint density at radius 2 is 1.62 bits per heavy atom. The molecular formula is C27H31ClN2O6S. The first-order valence-corrected chi connectivity index (χ1v) is 13.6. The summed E-state index contributed by atoms with van der Waals surface area (Å²) in [4.78, 5) is 13.1. The highest BCUT2D eigenvalue weighted by Gasteiger charge is 2.26. The third-order valence-electron chi connectivity index (χ3n) is 5.57. The van der Waals surface area contributed by atoms with E-state index >= 15 is 0 Å². The average Bonchev–Trinajstić information content (AvgIpc) is 2.89. The van der Waals surface area contributed by atoms with Crippen molar-refractivity contribution in [3.05, 3.63) is 82.9 Å². The van der Waals surface area contributed by atoms with Crippen LogP contribution in [0.5, 0.6) is 17.2 Å². The van der Waals surface area contributed by atoms with Gasteiger partial charge in [0.15, 0.2) is 11.5 Å². The minimum atomic E-state index is -4.05. The number of halogens is 1. The van der Waals surface area contributed by atoms with Gasteiger partial charge in [-0.3, -0.25) is 4.79 Å². The van der Waals surface area contributed by atoms with E-state index in [0.717, 1.165) is 11.1 Å². The molecule has 0 fully saturated rings. The summed E-state index contributed by atoms with van der Waals surface area (Å²) in [6, 6.07) is 17.9. The molecule has 0 saturated carbocycles. The van der Waals surface area contributed by atoms with E-state index in [1.54, 1.807) is 27.2 Å². The van der Waals surface area contributed by atoms with E-state index in [1.165, 1.54) is 18.2 Å². The van der Waals surface area contributed by atoms with Crippen LogP contribution in [0.25, 0.3) is 0 Å². The number of benzene rings is 3. The number of hydrogen-bond donors (Lipinski definition) is 2. The molecule has 0 unspecified atom stereocenters. The van der Waals surface area contributed by atoms with Gasteiger partial charge in [0.05, 0.1) is 30.7 Å². The SMILES string of the molecule is CCOc1ccc(S(=O)(=O)N[C@@H](Cc2ccccc2)C(=O)NCCc2ccc(OC)c(OC)c2)cc1Cl. The Labute approximate surface area is 222 Å². The van der Waals surface area contributed by atoms with Crippen molar-refractivity contribution in [2.24, 2.45) is 0 Å². The van der Waals surface area contributed by atoms with Crippen LogP contribution in [0.2, 0.25) is 5.02 Å². The third-order valence-corrected chi connectivity index (χ3v) is 7.34. The number of nitrogens with one attached hydrogen (secondary N) is 2. The predicted octanol–water partition coefficient (Wildman–Crippen LogP) is 4.00. The van der Waals surface area contributed by atoms with E-state index in [4.69, 9.17) is 25.8 Å². The summed E-state index contributed by atoms with van der Waals surface area (Å²) in [5.74, 6) is 1.15. The highest BCUT2D eigenvalue weighted by molar-refractivity contribution is 7.89. The first-order valence-electron chi connectivity index (χ1n) is 11.7. The zero-order valence-electron chi connectivity index (χ0n) is 21.0. The highest BCUT2D eigenvalue weighted by atomic mass is 35.5. The number of sulfonamides is 1. The minimum Gasteiger partial charge on any atom is -0.493 e. The number of carbonyl (C=O) groups excluding carboxylic acids is 1. The molecule has 2 N–H and O–H groups in total. The lowest BCUT2D eigenvalue weighted by atomic mass is 10.1. The van der Waals surface area contributed by atoms with Gasteiger partial charge in [-0.15, -0.1) is 0 Å². The van der Waals surface area contributed by atoms with Crippen molar-refractivity contribution in [3.8, 4) is 17.2 Å². The molecular weight excluding hydrogens is 516 g/mol. The van der Waals surface area contributed by atoms with Crippen LogP contribution in [0.3, 0.4) is 0 Å². The summed E-state index contributed by atoms with van der Waals surface area (Å²) < 4.78 is 44.8. The van der Waals surface area contributed by atoms with Gasteiger partial charge >= 0.3 is 0 Å². The quantitative estimate of drug-likeness (QED) is 0.336. The molecule has 0 aromatic heterocycles. The smallest absolute Gasteiger partial charge is 0.241 e. The number of rotatable bonds is 13. The van der Waals surface area contributed by atoms with Crippen molar-refractivity contribution < 1.29 is 27.4 Å². The minimum absolute atomic E-state index is 0.0582. The van der Waals surface area contributed by atoms with Crippen LogP contribution in [0.1, 0.15) is 18.1 Å². The molecule has 8 nitrogen and oxygen atoms in total. The maximum absolute atomic E-state index is 13.2. The Morgan fingerprint density at radius 1 is 0.919 bits per heavy atom. The normalized spacial score (nSPS) is 12.0. The second-order valence-corrected chi connectivity index (χ2v) is 10.2. The zero-order chi connectivity index (χ0) is 26.8. The Balaban J connectivity index is 1.74. The summed E-state index contributed by atoms with van der Waals surface area (Å²) in [6.07, 6.45) is 0.693. The topological polar surface area (TPSA) is 103 Å². The van der Waals surface area contributed by atoms with Crippen molar-refractivity contribution in [3.63, 3.8) is 0 Å². The molecule has 3 aromatic rings. The van der Waals surface area contributed by atoms with Crippen molar-refractivity contribution in [2.45, 2.75) is 30.7 Å². The lowest BCUT2D eigenvalue weighted by Crippen LogP contribution is -2.48. The molecule has 198 valence electrons. The lowest BCUT2D eigenvalue weighted by molar-refractivity contribution is -0.122. The maximum atomic E-state index is 13.2. The van der Waals surface area contributed by atoms with Gasteiger partial charge in [-0.05, 0) is 61.2 Å². The number of ether oxygens (including phenoxy) is 3. The third kappa shape index (κ3) is 7.85. The van der Waals surface area contributed by atoms with E-state index < -0.39 is 22.0 Å². The van der Waals surface area contributed by atoms with E-state index in [-0.39, 0.29) is 16.3 Å². The molecule has 3 aromatic carbocycles. The molecule has 0 aliphatic carbocycles. The molecule has 0 spiro atoms. The molecule has 1 atom stereocenters. The largest absolute Gasteiger partial charge is 0.493 e. The van der Waals surface area contributed by atoms with E-state index in [1.807, 2.05) is 42.5 Å². The van der Waals surface area contributed by atoms with Crippen molar-refractivity contribution in [1.29, 1.82) is 0 Å². The molecule has 3 rings (SSSR count). The van der Waals surface area contributed by atoms with Gasteiger partial charge in [-0.25, -0.2) is 8.42 Å². The van der Waals surface area contributed by atoms with Crippen LogP contribution in [-0.4, -0.2) is 47.7 Å². The van der Waals surface area contributed by atoms with Crippen molar-refractivity contribution >= 4 is 27.5 Å². The van der Waals surface area contributed by atoms with Crippen LogP contribution < -0.4 is 24.2 Å². The molecule has 0 aliphatic heterocycles. The van der Waals surface area contributed by atoms with Crippen LogP contribution >= 0.6 is 11.6 Å². The van der Waals surface area contributed by atoms with Crippen molar-refractivity contribution in [2.75, 3.05) is 27.4 Å². The van der Waals surface area contributed by atoms with Crippen molar-refractivity contribution in [1.82, 2.24) is 10.0 Å². The Hall–Kier alpha value is -3.27. The fraction of sp³-hybridized carbons (Fsp3) is 0.296. The Bertz CT molecular complexity index is 1300. The molecule has 10 heteroatoms. The first kappa shape index (κ1) is 28.3.